The topological polar surface area (TPSA) is 56.7 Å². The second-order valence-electron chi connectivity index (χ2n) is 4.13. The van der Waals surface area contributed by atoms with Crippen molar-refractivity contribution < 1.29 is 0 Å². The Kier molecular flexibility index (Phi) is 3.17. The summed E-state index contributed by atoms with van der Waals surface area (Å²) >= 11 is 6.11. The van der Waals surface area contributed by atoms with E-state index in [1.807, 2.05) is 32.9 Å². The Labute approximate surface area is 105 Å². The normalized spacial score (nSPS) is 12.8. The van der Waals surface area contributed by atoms with Gasteiger partial charge in [-0.1, -0.05) is 11.6 Å². The van der Waals surface area contributed by atoms with E-state index in [4.69, 9.17) is 17.3 Å². The number of nitrogens with two attached hydrogens (primary N) is 1. The number of pyridine rings is 1. The van der Waals surface area contributed by atoms with Gasteiger partial charge in [0.2, 0.25) is 0 Å². The largest absolute Gasteiger partial charge is 0.324 e. The highest BCUT2D eigenvalue weighted by molar-refractivity contribution is 6.31. The molecule has 0 bridgehead atoms. The molecule has 0 unspecified atom stereocenters. The van der Waals surface area contributed by atoms with Crippen LogP contribution in [-0.2, 0) is 0 Å². The number of nitrogens with zero attached hydrogens (tertiary/aromatic N) is 3. The van der Waals surface area contributed by atoms with Crippen molar-refractivity contribution in [2.24, 2.45) is 5.73 Å². The Bertz CT molecular complexity index is 545. The second-order valence-corrected chi connectivity index (χ2v) is 4.51. The lowest BCUT2D eigenvalue weighted by Gasteiger charge is -2.08. The molecule has 5 heteroatoms. The lowest BCUT2D eigenvalue weighted by atomic mass is 10.1. The fraction of sp³-hybridized carbons (Fsp3) is 0.333. The van der Waals surface area contributed by atoms with E-state index in [1.54, 1.807) is 10.9 Å². The molecule has 17 heavy (non-hydrogen) atoms. The summed E-state index contributed by atoms with van der Waals surface area (Å²) in [7, 11) is 0. The highest BCUT2D eigenvalue weighted by atomic mass is 35.5. The zero-order chi connectivity index (χ0) is 12.6. The molecule has 2 heterocycles. The molecule has 0 saturated carbocycles. The fourth-order valence-electron chi connectivity index (χ4n) is 1.68. The number of aryl methyl sites for hydroxylation is 1. The average Bonchev–Trinajstić information content (AvgIpc) is 2.57. The molecule has 0 radical (unpaired) electrons. The summed E-state index contributed by atoms with van der Waals surface area (Å²) in [5.74, 6) is 0.743. The monoisotopic (exact) mass is 250 g/mol. The third-order valence-electron chi connectivity index (χ3n) is 2.72. The molecule has 2 rings (SSSR count). The summed E-state index contributed by atoms with van der Waals surface area (Å²) < 4.78 is 1.74. The van der Waals surface area contributed by atoms with E-state index in [0.29, 0.717) is 5.02 Å². The smallest absolute Gasteiger partial charge is 0.153 e. The van der Waals surface area contributed by atoms with Crippen LogP contribution in [0.2, 0.25) is 5.02 Å². The zero-order valence-corrected chi connectivity index (χ0v) is 10.9. The fourth-order valence-corrected chi connectivity index (χ4v) is 1.80. The highest BCUT2D eigenvalue weighted by Crippen LogP contribution is 2.22. The number of hydrogen-bond acceptors (Lipinski definition) is 3. The van der Waals surface area contributed by atoms with Crippen LogP contribution in [0.4, 0.5) is 0 Å². The highest BCUT2D eigenvalue weighted by Gasteiger charge is 2.12. The van der Waals surface area contributed by atoms with Crippen LogP contribution in [0.15, 0.2) is 18.3 Å². The Morgan fingerprint density at radius 3 is 2.65 bits per heavy atom. The van der Waals surface area contributed by atoms with E-state index in [2.05, 4.69) is 10.1 Å². The van der Waals surface area contributed by atoms with E-state index in [9.17, 15) is 0 Å². The maximum absolute atomic E-state index is 6.11. The Morgan fingerprint density at radius 2 is 2.12 bits per heavy atom. The number of rotatable bonds is 2. The van der Waals surface area contributed by atoms with Crippen LogP contribution in [0, 0.1) is 13.8 Å². The minimum absolute atomic E-state index is 0.0239. The number of aromatic nitrogens is 3. The van der Waals surface area contributed by atoms with Gasteiger partial charge in [-0.2, -0.15) is 5.10 Å². The second kappa shape index (κ2) is 4.47. The van der Waals surface area contributed by atoms with Crippen molar-refractivity contribution >= 4 is 11.6 Å². The third-order valence-corrected chi connectivity index (χ3v) is 3.26. The van der Waals surface area contributed by atoms with Gasteiger partial charge in [0.25, 0.3) is 0 Å². The summed E-state index contributed by atoms with van der Waals surface area (Å²) in [5.41, 5.74) is 8.57. The molecule has 90 valence electrons. The molecule has 0 fully saturated rings. The Balaban J connectivity index is 2.53. The molecule has 0 aliphatic rings. The molecule has 0 amide bonds. The van der Waals surface area contributed by atoms with Gasteiger partial charge in [-0.25, -0.2) is 9.67 Å². The first-order valence-corrected chi connectivity index (χ1v) is 5.82. The molecule has 0 aliphatic heterocycles. The van der Waals surface area contributed by atoms with Gasteiger partial charge < -0.3 is 5.73 Å². The van der Waals surface area contributed by atoms with Crippen LogP contribution in [-0.4, -0.2) is 14.8 Å². The Hall–Kier alpha value is -1.39. The van der Waals surface area contributed by atoms with E-state index in [-0.39, 0.29) is 6.04 Å². The molecular weight excluding hydrogens is 236 g/mol. The Morgan fingerprint density at radius 1 is 1.41 bits per heavy atom. The van der Waals surface area contributed by atoms with Crippen molar-refractivity contribution in [2.45, 2.75) is 26.8 Å². The van der Waals surface area contributed by atoms with Crippen LogP contribution in [0.25, 0.3) is 5.82 Å². The van der Waals surface area contributed by atoms with Crippen LogP contribution in [0.5, 0.6) is 0 Å². The molecule has 2 N–H and O–H groups in total. The summed E-state index contributed by atoms with van der Waals surface area (Å²) in [5, 5.41) is 5.04. The van der Waals surface area contributed by atoms with Crippen molar-refractivity contribution in [3.8, 4) is 5.82 Å². The predicted octanol–water partition coefficient (Wildman–Crippen LogP) is 2.56. The van der Waals surface area contributed by atoms with Crippen LogP contribution in [0.3, 0.4) is 0 Å². The molecule has 0 aliphatic carbocycles. The molecule has 1 atom stereocenters. The van der Waals surface area contributed by atoms with Crippen molar-refractivity contribution in [3.63, 3.8) is 0 Å². The van der Waals surface area contributed by atoms with Crippen molar-refractivity contribution in [1.82, 2.24) is 14.8 Å². The van der Waals surface area contributed by atoms with Gasteiger partial charge >= 0.3 is 0 Å². The summed E-state index contributed by atoms with van der Waals surface area (Å²) in [4.78, 5) is 4.29. The van der Waals surface area contributed by atoms with Gasteiger partial charge in [-0.05, 0) is 38.5 Å². The molecular formula is C12H15ClN4. The lowest BCUT2D eigenvalue weighted by Crippen LogP contribution is -2.08. The van der Waals surface area contributed by atoms with Crippen LogP contribution >= 0.6 is 11.6 Å². The minimum Gasteiger partial charge on any atom is -0.324 e. The van der Waals surface area contributed by atoms with E-state index < -0.39 is 0 Å². The maximum Gasteiger partial charge on any atom is 0.153 e. The number of halogens is 1. The predicted molar refractivity (Wildman–Crippen MR) is 68.4 cm³/mol. The van der Waals surface area contributed by atoms with Gasteiger partial charge in [0, 0.05) is 12.2 Å². The van der Waals surface area contributed by atoms with E-state index >= 15 is 0 Å². The molecule has 2 aromatic rings. The standard InChI is InChI=1S/C12H15ClN4/c1-7(14)10-4-5-15-11(6-10)17-9(3)12(13)8(2)16-17/h4-7H,14H2,1-3H3/t7-/m1/s1. The van der Waals surface area contributed by atoms with Gasteiger partial charge in [0.1, 0.15) is 0 Å². The van der Waals surface area contributed by atoms with Crippen molar-refractivity contribution in [3.05, 3.63) is 40.3 Å². The SMILES string of the molecule is Cc1nn(-c2cc([C@@H](C)N)ccn2)c(C)c1Cl. The van der Waals surface area contributed by atoms with Gasteiger partial charge in [0.15, 0.2) is 5.82 Å². The van der Waals surface area contributed by atoms with Gasteiger partial charge in [-0.3, -0.25) is 0 Å². The number of hydrogen-bond donors (Lipinski definition) is 1. The van der Waals surface area contributed by atoms with Crippen LogP contribution < -0.4 is 5.73 Å². The zero-order valence-electron chi connectivity index (χ0n) is 10.1. The minimum atomic E-state index is -0.0239. The summed E-state index contributed by atoms with van der Waals surface area (Å²) in [6.07, 6.45) is 1.73. The first-order valence-electron chi connectivity index (χ1n) is 5.44. The molecule has 0 spiro atoms. The van der Waals surface area contributed by atoms with E-state index in [0.717, 1.165) is 22.8 Å². The molecule has 0 saturated heterocycles. The van der Waals surface area contributed by atoms with Crippen LogP contribution in [0.1, 0.15) is 29.9 Å². The maximum atomic E-state index is 6.11. The summed E-state index contributed by atoms with van der Waals surface area (Å²) in [6, 6.07) is 3.81. The third kappa shape index (κ3) is 2.18. The van der Waals surface area contributed by atoms with Gasteiger partial charge in [-0.15, -0.1) is 0 Å². The van der Waals surface area contributed by atoms with Gasteiger partial charge in [0.05, 0.1) is 16.4 Å². The van der Waals surface area contributed by atoms with E-state index in [1.165, 1.54) is 0 Å². The first kappa shape index (κ1) is 12.1. The molecule has 2 aromatic heterocycles. The quantitative estimate of drug-likeness (QED) is 0.891. The van der Waals surface area contributed by atoms with Crippen molar-refractivity contribution in [1.29, 1.82) is 0 Å². The average molecular weight is 251 g/mol. The molecule has 4 nitrogen and oxygen atoms in total. The molecule has 0 aromatic carbocycles. The van der Waals surface area contributed by atoms with Crippen molar-refractivity contribution in [2.75, 3.05) is 0 Å². The lowest BCUT2D eigenvalue weighted by molar-refractivity contribution is 0.780. The first-order chi connectivity index (χ1) is 8.00. The summed E-state index contributed by atoms with van der Waals surface area (Å²) in [6.45, 7) is 5.73.